The molecule has 0 spiro atoms. The van der Waals surface area contributed by atoms with Gasteiger partial charge in [-0.05, 0) is 20.8 Å². The van der Waals surface area contributed by atoms with Crippen LogP contribution in [0.3, 0.4) is 0 Å². The van der Waals surface area contributed by atoms with Crippen LogP contribution < -0.4 is 16.0 Å². The van der Waals surface area contributed by atoms with Crippen molar-refractivity contribution in [3.8, 4) is 0 Å². The second-order valence-electron chi connectivity index (χ2n) is 3.25. The predicted octanol–water partition coefficient (Wildman–Crippen LogP) is -0.627. The van der Waals surface area contributed by atoms with Gasteiger partial charge in [-0.15, -0.1) is 0 Å². The van der Waals surface area contributed by atoms with Gasteiger partial charge in [0.1, 0.15) is 12.6 Å². The molecule has 0 aromatic carbocycles. The number of urea groups is 1. The first kappa shape index (κ1) is 15.2. The Kier molecular flexibility index (Phi) is 7.49. The maximum atomic E-state index is 11.3. The van der Waals surface area contributed by atoms with E-state index in [2.05, 4.69) is 20.7 Å². The van der Waals surface area contributed by atoms with Crippen LogP contribution in [-0.4, -0.2) is 43.6 Å². The summed E-state index contributed by atoms with van der Waals surface area (Å²) in [6.07, 6.45) is 0. The van der Waals surface area contributed by atoms with E-state index in [1.165, 1.54) is 0 Å². The van der Waals surface area contributed by atoms with Crippen LogP contribution in [-0.2, 0) is 14.3 Å². The standard InChI is InChI=1S/C10H19N3O4/c1-4-11-9(15)7(3)13-10(16)12-6-8(14)17-5-2/h7H,4-6H2,1-3H3,(H,11,15)(H2,12,13,16). The molecular formula is C10H19N3O4. The van der Waals surface area contributed by atoms with Crippen LogP contribution in [0.25, 0.3) is 0 Å². The highest BCUT2D eigenvalue weighted by Crippen LogP contribution is 1.82. The maximum absolute atomic E-state index is 11.3. The number of carbonyl (C=O) groups is 3. The molecule has 0 saturated heterocycles. The van der Waals surface area contributed by atoms with Gasteiger partial charge in [0.15, 0.2) is 0 Å². The molecule has 0 bridgehead atoms. The minimum absolute atomic E-state index is 0.220. The summed E-state index contributed by atoms with van der Waals surface area (Å²) in [5, 5.41) is 7.25. The summed E-state index contributed by atoms with van der Waals surface area (Å²) in [5.74, 6) is -0.799. The van der Waals surface area contributed by atoms with Gasteiger partial charge in [-0.2, -0.15) is 0 Å². The normalized spacial score (nSPS) is 11.2. The van der Waals surface area contributed by atoms with Gasteiger partial charge in [-0.1, -0.05) is 0 Å². The summed E-state index contributed by atoms with van der Waals surface area (Å²) in [5.41, 5.74) is 0. The molecule has 0 aliphatic rings. The molecule has 7 heteroatoms. The molecule has 0 saturated carbocycles. The molecule has 3 amide bonds. The molecule has 1 atom stereocenters. The third-order valence-corrected chi connectivity index (χ3v) is 1.79. The molecule has 0 aromatic heterocycles. The lowest BCUT2D eigenvalue weighted by atomic mass is 10.3. The Balaban J connectivity index is 3.85. The number of rotatable bonds is 6. The summed E-state index contributed by atoms with van der Waals surface area (Å²) in [6.45, 7) is 5.55. The van der Waals surface area contributed by atoms with Gasteiger partial charge in [-0.25, -0.2) is 4.79 Å². The Bertz CT molecular complexity index is 281. The lowest BCUT2D eigenvalue weighted by molar-refractivity contribution is -0.141. The van der Waals surface area contributed by atoms with Crippen LogP contribution in [0.2, 0.25) is 0 Å². The average Bonchev–Trinajstić information content (AvgIpc) is 2.27. The molecule has 0 radical (unpaired) electrons. The fraction of sp³-hybridized carbons (Fsp3) is 0.700. The zero-order chi connectivity index (χ0) is 13.3. The van der Waals surface area contributed by atoms with Crippen molar-refractivity contribution in [2.45, 2.75) is 26.8 Å². The van der Waals surface area contributed by atoms with Gasteiger partial charge in [0.25, 0.3) is 0 Å². The van der Waals surface area contributed by atoms with Gasteiger partial charge in [0.05, 0.1) is 6.61 Å². The molecule has 98 valence electrons. The monoisotopic (exact) mass is 245 g/mol. The number of esters is 1. The highest BCUT2D eigenvalue weighted by Gasteiger charge is 2.14. The topological polar surface area (TPSA) is 96.5 Å². The van der Waals surface area contributed by atoms with Crippen LogP contribution in [0.1, 0.15) is 20.8 Å². The van der Waals surface area contributed by atoms with Crippen molar-refractivity contribution in [1.29, 1.82) is 0 Å². The van der Waals surface area contributed by atoms with E-state index in [9.17, 15) is 14.4 Å². The Hall–Kier alpha value is -1.79. The number of likely N-dealkylation sites (N-methyl/N-ethyl adjacent to an activating group) is 1. The number of hydrogen-bond donors (Lipinski definition) is 3. The van der Waals surface area contributed by atoms with E-state index in [0.29, 0.717) is 6.54 Å². The van der Waals surface area contributed by atoms with E-state index in [4.69, 9.17) is 0 Å². The van der Waals surface area contributed by atoms with Crippen molar-refractivity contribution in [2.24, 2.45) is 0 Å². The number of ether oxygens (including phenoxy) is 1. The van der Waals surface area contributed by atoms with Crippen LogP contribution >= 0.6 is 0 Å². The van der Waals surface area contributed by atoms with Gasteiger partial charge >= 0.3 is 12.0 Å². The van der Waals surface area contributed by atoms with Gasteiger partial charge < -0.3 is 20.7 Å². The molecule has 0 heterocycles. The van der Waals surface area contributed by atoms with Crippen LogP contribution in [0, 0.1) is 0 Å². The SMILES string of the molecule is CCNC(=O)C(C)NC(=O)NCC(=O)OCC. The smallest absolute Gasteiger partial charge is 0.325 e. The van der Waals surface area contributed by atoms with Crippen molar-refractivity contribution >= 4 is 17.9 Å². The summed E-state index contributed by atoms with van der Waals surface area (Å²) in [6, 6.07) is -1.24. The molecule has 0 rings (SSSR count). The van der Waals surface area contributed by atoms with E-state index >= 15 is 0 Å². The maximum Gasteiger partial charge on any atom is 0.325 e. The largest absolute Gasteiger partial charge is 0.465 e. The minimum Gasteiger partial charge on any atom is -0.465 e. The number of hydrogen-bond acceptors (Lipinski definition) is 4. The fourth-order valence-corrected chi connectivity index (χ4v) is 1.01. The molecular weight excluding hydrogens is 226 g/mol. The van der Waals surface area contributed by atoms with Gasteiger partial charge in [0.2, 0.25) is 5.91 Å². The van der Waals surface area contributed by atoms with E-state index in [-0.39, 0.29) is 19.1 Å². The number of carbonyl (C=O) groups excluding carboxylic acids is 3. The first-order valence-corrected chi connectivity index (χ1v) is 5.48. The Morgan fingerprint density at radius 2 is 1.82 bits per heavy atom. The van der Waals surface area contributed by atoms with E-state index in [1.807, 2.05) is 0 Å². The summed E-state index contributed by atoms with van der Waals surface area (Å²) < 4.78 is 4.62. The quantitative estimate of drug-likeness (QED) is 0.543. The van der Waals surface area contributed by atoms with Crippen LogP contribution in [0.5, 0.6) is 0 Å². The molecule has 0 aliphatic carbocycles. The first-order valence-electron chi connectivity index (χ1n) is 5.48. The Morgan fingerprint density at radius 3 is 2.35 bits per heavy atom. The van der Waals surface area contributed by atoms with Crippen LogP contribution in [0.15, 0.2) is 0 Å². The Labute approximate surface area is 100 Å². The van der Waals surface area contributed by atoms with E-state index in [1.54, 1.807) is 20.8 Å². The third-order valence-electron chi connectivity index (χ3n) is 1.79. The van der Waals surface area contributed by atoms with Gasteiger partial charge in [-0.3, -0.25) is 9.59 Å². The molecule has 7 nitrogen and oxygen atoms in total. The number of amides is 3. The van der Waals surface area contributed by atoms with Crippen molar-refractivity contribution in [1.82, 2.24) is 16.0 Å². The minimum atomic E-state index is -0.655. The van der Waals surface area contributed by atoms with E-state index < -0.39 is 18.0 Å². The lowest BCUT2D eigenvalue weighted by Crippen LogP contribution is -2.49. The molecule has 17 heavy (non-hydrogen) atoms. The van der Waals surface area contributed by atoms with Crippen molar-refractivity contribution in [3.63, 3.8) is 0 Å². The van der Waals surface area contributed by atoms with Crippen LogP contribution in [0.4, 0.5) is 4.79 Å². The Morgan fingerprint density at radius 1 is 1.18 bits per heavy atom. The third kappa shape index (κ3) is 7.15. The molecule has 1 unspecified atom stereocenters. The van der Waals surface area contributed by atoms with Gasteiger partial charge in [0, 0.05) is 6.54 Å². The molecule has 0 aliphatic heterocycles. The molecule has 0 aromatic rings. The summed E-state index contributed by atoms with van der Waals surface area (Å²) in [4.78, 5) is 33.5. The average molecular weight is 245 g/mol. The second kappa shape index (κ2) is 8.37. The highest BCUT2D eigenvalue weighted by atomic mass is 16.5. The molecule has 3 N–H and O–H groups in total. The van der Waals surface area contributed by atoms with E-state index in [0.717, 1.165) is 0 Å². The summed E-state index contributed by atoms with van der Waals surface area (Å²) >= 11 is 0. The summed E-state index contributed by atoms with van der Waals surface area (Å²) in [7, 11) is 0. The second-order valence-corrected chi connectivity index (χ2v) is 3.25. The fourth-order valence-electron chi connectivity index (χ4n) is 1.01. The lowest BCUT2D eigenvalue weighted by Gasteiger charge is -2.13. The number of nitrogens with one attached hydrogen (secondary N) is 3. The van der Waals surface area contributed by atoms with Crippen molar-refractivity contribution < 1.29 is 19.1 Å². The molecule has 0 fully saturated rings. The van der Waals surface area contributed by atoms with Crippen molar-refractivity contribution in [2.75, 3.05) is 19.7 Å². The first-order chi connectivity index (χ1) is 8.01. The zero-order valence-electron chi connectivity index (χ0n) is 10.3. The van der Waals surface area contributed by atoms with Crippen molar-refractivity contribution in [3.05, 3.63) is 0 Å². The predicted molar refractivity (Wildman–Crippen MR) is 61.3 cm³/mol. The zero-order valence-corrected chi connectivity index (χ0v) is 10.3. The highest BCUT2D eigenvalue weighted by molar-refractivity contribution is 5.87.